The number of nitrogens with zero attached hydrogens (tertiary/aromatic N) is 3. The van der Waals surface area contributed by atoms with Gasteiger partial charge in [-0.15, -0.1) is 0 Å². The predicted octanol–water partition coefficient (Wildman–Crippen LogP) is 4.54. The van der Waals surface area contributed by atoms with Crippen LogP contribution in [-0.2, 0) is 23.8 Å². The molecule has 0 spiro atoms. The summed E-state index contributed by atoms with van der Waals surface area (Å²) in [4.78, 5) is 41.4. The van der Waals surface area contributed by atoms with Crippen LogP contribution in [0, 0.1) is 0 Å². The van der Waals surface area contributed by atoms with Gasteiger partial charge in [-0.25, -0.2) is 19.6 Å². The molecule has 10 nitrogen and oxygen atoms in total. The van der Waals surface area contributed by atoms with E-state index in [0.29, 0.717) is 26.0 Å². The number of hydrogen-bond donors (Lipinski definition) is 1. The van der Waals surface area contributed by atoms with E-state index in [0.717, 1.165) is 10.7 Å². The SMILES string of the molecule is COC=C1C(=O)OC(C)(C)OC1=O.Nc1ncc(Cl)cc1Br.O=c1ccnc2c(Br)cc(Cl)cn12. The summed E-state index contributed by atoms with van der Waals surface area (Å²) >= 11 is 17.8. The Morgan fingerprint density at radius 2 is 1.66 bits per heavy atom. The summed E-state index contributed by atoms with van der Waals surface area (Å²) in [5.41, 5.74) is 5.56. The first-order valence-electron chi connectivity index (χ1n) is 9.43. The fourth-order valence-electron chi connectivity index (χ4n) is 2.37. The minimum absolute atomic E-state index is 0.145. The van der Waals surface area contributed by atoms with Crippen LogP contribution in [0.5, 0.6) is 0 Å². The topological polar surface area (TPSA) is 135 Å². The van der Waals surface area contributed by atoms with E-state index in [9.17, 15) is 14.4 Å². The fraction of sp³-hybridized carbons (Fsp3) is 0.190. The number of pyridine rings is 2. The van der Waals surface area contributed by atoms with Gasteiger partial charge in [-0.2, -0.15) is 0 Å². The molecule has 1 aliphatic heterocycles. The molecule has 186 valence electrons. The summed E-state index contributed by atoms with van der Waals surface area (Å²) in [5.74, 6) is -2.20. The smallest absolute Gasteiger partial charge is 0.352 e. The molecule has 4 heterocycles. The Balaban J connectivity index is 0.000000189. The van der Waals surface area contributed by atoms with Crippen LogP contribution in [0.3, 0.4) is 0 Å². The summed E-state index contributed by atoms with van der Waals surface area (Å²) in [5, 5.41) is 1.07. The largest absolute Gasteiger partial charge is 0.503 e. The molecule has 3 aromatic rings. The van der Waals surface area contributed by atoms with E-state index >= 15 is 0 Å². The van der Waals surface area contributed by atoms with Gasteiger partial charge in [0.2, 0.25) is 0 Å². The number of ether oxygens (including phenoxy) is 3. The van der Waals surface area contributed by atoms with Gasteiger partial charge in [0, 0.05) is 38.5 Å². The number of nitrogen functional groups attached to an aromatic ring is 1. The lowest BCUT2D eigenvalue weighted by molar-refractivity contribution is -0.222. The number of hydrogen-bond acceptors (Lipinski definition) is 9. The molecular formula is C21H18Br2Cl2N4O6. The molecule has 0 saturated carbocycles. The molecule has 1 fully saturated rings. The minimum Gasteiger partial charge on any atom is -0.503 e. The summed E-state index contributed by atoms with van der Waals surface area (Å²) < 4.78 is 16.9. The van der Waals surface area contributed by atoms with Crippen molar-refractivity contribution in [2.75, 3.05) is 12.8 Å². The van der Waals surface area contributed by atoms with Crippen LogP contribution in [0.2, 0.25) is 10.0 Å². The zero-order valence-electron chi connectivity index (χ0n) is 18.4. The number of cyclic esters (lactones) is 2. The molecule has 0 atom stereocenters. The highest BCUT2D eigenvalue weighted by Gasteiger charge is 2.39. The number of aromatic nitrogens is 3. The van der Waals surface area contributed by atoms with E-state index in [4.69, 9.17) is 38.4 Å². The van der Waals surface area contributed by atoms with Gasteiger partial charge in [-0.3, -0.25) is 9.20 Å². The monoisotopic (exact) mass is 650 g/mol. The van der Waals surface area contributed by atoms with Crippen LogP contribution in [-0.4, -0.2) is 39.2 Å². The van der Waals surface area contributed by atoms with Crippen molar-refractivity contribution in [3.8, 4) is 0 Å². The van der Waals surface area contributed by atoms with Gasteiger partial charge in [-0.1, -0.05) is 23.2 Å². The molecule has 0 radical (unpaired) electrons. The number of methoxy groups -OCH3 is 1. The maximum absolute atomic E-state index is 11.3. The van der Waals surface area contributed by atoms with Crippen LogP contribution >= 0.6 is 55.1 Å². The maximum atomic E-state index is 11.3. The zero-order valence-corrected chi connectivity index (χ0v) is 23.1. The summed E-state index contributed by atoms with van der Waals surface area (Å²) in [6, 6.07) is 4.78. The van der Waals surface area contributed by atoms with Crippen molar-refractivity contribution in [3.05, 3.63) is 78.0 Å². The molecule has 0 aliphatic carbocycles. The molecule has 2 N–H and O–H groups in total. The fourth-order valence-corrected chi connectivity index (χ4v) is 3.88. The highest BCUT2D eigenvalue weighted by Crippen LogP contribution is 2.22. The van der Waals surface area contributed by atoms with E-state index in [1.807, 2.05) is 0 Å². The van der Waals surface area contributed by atoms with E-state index in [-0.39, 0.29) is 11.1 Å². The highest BCUT2D eigenvalue weighted by molar-refractivity contribution is 9.11. The van der Waals surface area contributed by atoms with Crippen molar-refractivity contribution in [2.45, 2.75) is 19.6 Å². The van der Waals surface area contributed by atoms with Gasteiger partial charge in [0.05, 0.1) is 26.1 Å². The molecule has 0 unspecified atom stereocenters. The van der Waals surface area contributed by atoms with Gasteiger partial charge in [0.15, 0.2) is 11.2 Å². The standard InChI is InChI=1S/C8H4BrClN2O.C8H10O5.C5H4BrClN2/c9-6-3-5(10)4-12-7(13)1-2-11-8(6)12;1-8(2)12-6(9)5(4-11-3)7(10)13-8;6-4-1-3(7)2-9-5(4)8/h1-4H;4H,1-3H3;1-2H,(H2,8,9). The number of halogens is 4. The third kappa shape index (κ3) is 8.20. The van der Waals surface area contributed by atoms with E-state index in [1.54, 1.807) is 12.1 Å². The Morgan fingerprint density at radius 3 is 2.20 bits per heavy atom. The Labute approximate surface area is 226 Å². The molecule has 1 saturated heterocycles. The number of anilines is 1. The van der Waals surface area contributed by atoms with Crippen molar-refractivity contribution < 1.29 is 23.8 Å². The van der Waals surface area contributed by atoms with Crippen molar-refractivity contribution in [1.29, 1.82) is 0 Å². The Bertz CT molecular complexity index is 1330. The van der Waals surface area contributed by atoms with Crippen molar-refractivity contribution in [2.24, 2.45) is 0 Å². The summed E-state index contributed by atoms with van der Waals surface area (Å²) in [6.07, 6.45) is 5.51. The van der Waals surface area contributed by atoms with Crippen LogP contribution in [0.1, 0.15) is 13.8 Å². The lowest BCUT2D eigenvalue weighted by Gasteiger charge is -2.29. The number of esters is 2. The first-order chi connectivity index (χ1) is 16.3. The number of carbonyl (C=O) groups is 2. The first-order valence-corrected chi connectivity index (χ1v) is 11.8. The molecular weight excluding hydrogens is 635 g/mol. The second kappa shape index (κ2) is 12.3. The molecule has 14 heteroatoms. The third-order valence-corrected chi connectivity index (χ3v) is 5.43. The Kier molecular flexibility index (Phi) is 10.1. The molecule has 4 rings (SSSR count). The number of rotatable bonds is 1. The minimum atomic E-state index is -1.20. The van der Waals surface area contributed by atoms with Gasteiger partial charge < -0.3 is 19.9 Å². The molecule has 3 aromatic heterocycles. The van der Waals surface area contributed by atoms with Gasteiger partial charge in [-0.05, 0) is 44.0 Å². The van der Waals surface area contributed by atoms with Crippen molar-refractivity contribution >= 4 is 78.5 Å². The zero-order chi connectivity index (χ0) is 26.3. The molecule has 1 aliphatic rings. The normalized spacial score (nSPS) is 14.0. The van der Waals surface area contributed by atoms with Crippen molar-refractivity contribution in [1.82, 2.24) is 14.4 Å². The average Bonchev–Trinajstić information content (AvgIpc) is 2.75. The maximum Gasteiger partial charge on any atom is 0.352 e. The predicted molar refractivity (Wildman–Crippen MR) is 137 cm³/mol. The van der Waals surface area contributed by atoms with Crippen LogP contribution in [0.25, 0.3) is 5.65 Å². The Hall–Kier alpha value is -2.67. The van der Waals surface area contributed by atoms with Crippen LogP contribution < -0.4 is 11.3 Å². The van der Waals surface area contributed by atoms with Gasteiger partial charge in [0.25, 0.3) is 11.3 Å². The van der Waals surface area contributed by atoms with Crippen molar-refractivity contribution in [3.63, 3.8) is 0 Å². The third-order valence-electron chi connectivity index (χ3n) is 3.80. The second-order valence-corrected chi connectivity index (χ2v) is 9.53. The van der Waals surface area contributed by atoms with Crippen LogP contribution in [0.15, 0.2) is 62.4 Å². The first kappa shape index (κ1) is 28.6. The summed E-state index contributed by atoms with van der Waals surface area (Å²) in [6.45, 7) is 2.96. The van der Waals surface area contributed by atoms with Gasteiger partial charge in [0.1, 0.15) is 12.1 Å². The lowest BCUT2D eigenvalue weighted by Crippen LogP contribution is -2.41. The number of nitrogens with two attached hydrogens (primary N) is 1. The number of carbonyl (C=O) groups excluding carboxylic acids is 2. The van der Waals surface area contributed by atoms with E-state index in [2.05, 4.69) is 46.6 Å². The van der Waals surface area contributed by atoms with Crippen LogP contribution in [0.4, 0.5) is 5.82 Å². The molecule has 0 amide bonds. The second-order valence-electron chi connectivity index (χ2n) is 6.95. The quantitative estimate of drug-likeness (QED) is 0.174. The van der Waals surface area contributed by atoms with E-state index < -0.39 is 17.7 Å². The molecule has 35 heavy (non-hydrogen) atoms. The summed E-state index contributed by atoms with van der Waals surface area (Å²) in [7, 11) is 1.33. The lowest BCUT2D eigenvalue weighted by atomic mass is 10.2. The van der Waals surface area contributed by atoms with E-state index in [1.165, 1.54) is 50.0 Å². The van der Waals surface area contributed by atoms with Gasteiger partial charge >= 0.3 is 11.9 Å². The molecule has 0 aromatic carbocycles. The highest BCUT2D eigenvalue weighted by atomic mass is 79.9. The number of fused-ring (bicyclic) bond motifs is 1. The molecule has 0 bridgehead atoms. The Morgan fingerprint density at radius 1 is 1.06 bits per heavy atom. The average molecular weight is 653 g/mol.